The molecule has 112 valence electrons. The number of carbonyl (C=O) groups is 1. The predicted octanol–water partition coefficient (Wildman–Crippen LogP) is 1.89. The van der Waals surface area contributed by atoms with Crippen LogP contribution in [-0.4, -0.2) is 49.7 Å². The molecule has 4 unspecified atom stereocenters. The number of carbonyl (C=O) groups excluding carboxylic acids is 1. The minimum absolute atomic E-state index is 0.132. The van der Waals surface area contributed by atoms with E-state index < -0.39 is 0 Å². The monoisotopic (exact) mass is 270 g/mol. The van der Waals surface area contributed by atoms with Gasteiger partial charge in [-0.25, -0.2) is 0 Å². The molecule has 1 saturated heterocycles. The van der Waals surface area contributed by atoms with Crippen LogP contribution in [0.25, 0.3) is 0 Å². The number of ether oxygens (including phenoxy) is 1. The van der Waals surface area contributed by atoms with Gasteiger partial charge < -0.3 is 15.0 Å². The van der Waals surface area contributed by atoms with E-state index in [1.807, 2.05) is 0 Å². The van der Waals surface area contributed by atoms with Crippen LogP contribution in [0, 0.1) is 11.8 Å². The molecular weight excluding hydrogens is 240 g/mol. The average molecular weight is 270 g/mol. The molecule has 0 aromatic carbocycles. The molecule has 4 heteroatoms. The number of rotatable bonds is 5. The van der Waals surface area contributed by atoms with Gasteiger partial charge in [-0.1, -0.05) is 20.8 Å². The number of hydrogen-bond acceptors (Lipinski definition) is 4. The predicted molar refractivity (Wildman–Crippen MR) is 78.1 cm³/mol. The van der Waals surface area contributed by atoms with Gasteiger partial charge in [0.15, 0.2) is 0 Å². The lowest BCUT2D eigenvalue weighted by Gasteiger charge is -2.41. The van der Waals surface area contributed by atoms with E-state index in [1.54, 1.807) is 0 Å². The van der Waals surface area contributed by atoms with Crippen molar-refractivity contribution in [2.45, 2.75) is 58.7 Å². The highest BCUT2D eigenvalue weighted by atomic mass is 16.5. The molecule has 0 saturated carbocycles. The van der Waals surface area contributed by atoms with Gasteiger partial charge in [0, 0.05) is 18.6 Å². The maximum atomic E-state index is 11.9. The summed E-state index contributed by atoms with van der Waals surface area (Å²) in [7, 11) is 3.64. The van der Waals surface area contributed by atoms with Gasteiger partial charge >= 0.3 is 5.97 Å². The van der Waals surface area contributed by atoms with Crippen molar-refractivity contribution in [3.63, 3.8) is 0 Å². The van der Waals surface area contributed by atoms with Gasteiger partial charge in [-0.2, -0.15) is 0 Å². The molecule has 1 aliphatic heterocycles. The number of methoxy groups -OCH3 is 1. The van der Waals surface area contributed by atoms with Crippen LogP contribution in [0.4, 0.5) is 0 Å². The zero-order chi connectivity index (χ0) is 14.6. The number of nitrogens with one attached hydrogen (secondary N) is 1. The van der Waals surface area contributed by atoms with E-state index in [4.69, 9.17) is 4.74 Å². The minimum Gasteiger partial charge on any atom is -0.468 e. The van der Waals surface area contributed by atoms with E-state index in [0.717, 1.165) is 19.4 Å². The molecule has 1 heterocycles. The molecule has 1 fully saturated rings. The third-order valence-electron chi connectivity index (χ3n) is 4.22. The minimum atomic E-state index is -0.173. The summed E-state index contributed by atoms with van der Waals surface area (Å²) in [5.74, 6) is 0.906. The SMILES string of the molecule is COC(=O)C(CC(C)C)NC1CC(C)N(C)CC1C. The van der Waals surface area contributed by atoms with E-state index in [2.05, 4.69) is 45.0 Å². The van der Waals surface area contributed by atoms with Gasteiger partial charge in [-0.15, -0.1) is 0 Å². The first-order valence-corrected chi connectivity index (χ1v) is 7.39. The number of nitrogens with zero attached hydrogens (tertiary/aromatic N) is 1. The summed E-state index contributed by atoms with van der Waals surface area (Å²) in [5, 5.41) is 3.54. The summed E-state index contributed by atoms with van der Waals surface area (Å²) in [4.78, 5) is 14.3. The van der Waals surface area contributed by atoms with Crippen molar-refractivity contribution < 1.29 is 9.53 Å². The molecule has 0 radical (unpaired) electrons. The van der Waals surface area contributed by atoms with Crippen molar-refractivity contribution in [3.8, 4) is 0 Å². The molecule has 1 rings (SSSR count). The second-order valence-electron chi connectivity index (χ2n) is 6.48. The van der Waals surface area contributed by atoms with Crippen molar-refractivity contribution in [2.75, 3.05) is 20.7 Å². The fourth-order valence-corrected chi connectivity index (χ4v) is 2.88. The molecule has 0 spiro atoms. The zero-order valence-corrected chi connectivity index (χ0v) is 13.3. The molecule has 1 aliphatic rings. The van der Waals surface area contributed by atoms with Crippen LogP contribution in [0.2, 0.25) is 0 Å². The highest BCUT2D eigenvalue weighted by Gasteiger charge is 2.32. The summed E-state index contributed by atoms with van der Waals surface area (Å²) >= 11 is 0. The largest absolute Gasteiger partial charge is 0.468 e. The third-order valence-corrected chi connectivity index (χ3v) is 4.22. The van der Waals surface area contributed by atoms with Gasteiger partial charge in [0.25, 0.3) is 0 Å². The van der Waals surface area contributed by atoms with Crippen molar-refractivity contribution in [2.24, 2.45) is 11.8 Å². The quantitative estimate of drug-likeness (QED) is 0.775. The Kier molecular flexibility index (Phi) is 6.27. The Morgan fingerprint density at radius 1 is 1.42 bits per heavy atom. The first-order valence-electron chi connectivity index (χ1n) is 7.39. The maximum absolute atomic E-state index is 11.9. The van der Waals surface area contributed by atoms with Crippen LogP contribution in [0.15, 0.2) is 0 Å². The molecule has 0 aliphatic carbocycles. The Bertz CT molecular complexity index is 294. The van der Waals surface area contributed by atoms with Gasteiger partial charge in [-0.05, 0) is 38.6 Å². The van der Waals surface area contributed by atoms with Crippen molar-refractivity contribution in [1.82, 2.24) is 10.2 Å². The molecule has 0 amide bonds. The van der Waals surface area contributed by atoms with Crippen LogP contribution in [0.1, 0.15) is 40.5 Å². The van der Waals surface area contributed by atoms with E-state index >= 15 is 0 Å². The van der Waals surface area contributed by atoms with E-state index in [9.17, 15) is 4.79 Å². The van der Waals surface area contributed by atoms with Crippen LogP contribution in [-0.2, 0) is 9.53 Å². The van der Waals surface area contributed by atoms with Crippen LogP contribution in [0.3, 0.4) is 0 Å². The smallest absolute Gasteiger partial charge is 0.322 e. The Hall–Kier alpha value is -0.610. The molecular formula is C15H30N2O2. The molecule has 0 bridgehead atoms. The summed E-state index contributed by atoms with van der Waals surface area (Å²) in [6.07, 6.45) is 1.92. The van der Waals surface area contributed by atoms with Gasteiger partial charge in [0.2, 0.25) is 0 Å². The second kappa shape index (κ2) is 7.25. The molecule has 4 atom stereocenters. The van der Waals surface area contributed by atoms with E-state index in [1.165, 1.54) is 7.11 Å². The lowest BCUT2D eigenvalue weighted by Crippen LogP contribution is -2.55. The fraction of sp³-hybridized carbons (Fsp3) is 0.933. The summed E-state index contributed by atoms with van der Waals surface area (Å²) in [5.41, 5.74) is 0. The van der Waals surface area contributed by atoms with Gasteiger partial charge in [0.05, 0.1) is 7.11 Å². The molecule has 0 aromatic heterocycles. The van der Waals surface area contributed by atoms with Gasteiger partial charge in [0.1, 0.15) is 6.04 Å². The van der Waals surface area contributed by atoms with Crippen LogP contribution in [0.5, 0.6) is 0 Å². The molecule has 0 aromatic rings. The Labute approximate surface area is 117 Å². The van der Waals surface area contributed by atoms with E-state index in [0.29, 0.717) is 23.9 Å². The second-order valence-corrected chi connectivity index (χ2v) is 6.48. The topological polar surface area (TPSA) is 41.6 Å². The standard InChI is InChI=1S/C15H30N2O2/c1-10(2)7-14(15(18)19-6)16-13-8-12(4)17(5)9-11(13)3/h10-14,16H,7-9H2,1-6H3. The Morgan fingerprint density at radius 3 is 2.58 bits per heavy atom. The summed E-state index contributed by atoms with van der Waals surface area (Å²) in [6, 6.07) is 0.785. The number of piperidine rings is 1. The van der Waals surface area contributed by atoms with Crippen molar-refractivity contribution in [1.29, 1.82) is 0 Å². The first kappa shape index (κ1) is 16.4. The fourth-order valence-electron chi connectivity index (χ4n) is 2.88. The Balaban J connectivity index is 2.64. The number of likely N-dealkylation sites (tertiary alicyclic amines) is 1. The molecule has 1 N–H and O–H groups in total. The summed E-state index contributed by atoms with van der Waals surface area (Å²) < 4.78 is 4.93. The number of esters is 1. The molecule has 19 heavy (non-hydrogen) atoms. The zero-order valence-electron chi connectivity index (χ0n) is 13.3. The van der Waals surface area contributed by atoms with Crippen molar-refractivity contribution in [3.05, 3.63) is 0 Å². The normalized spacial score (nSPS) is 30.4. The number of hydrogen-bond donors (Lipinski definition) is 1. The van der Waals surface area contributed by atoms with Crippen LogP contribution >= 0.6 is 0 Å². The average Bonchev–Trinajstić information content (AvgIpc) is 2.33. The van der Waals surface area contributed by atoms with E-state index in [-0.39, 0.29) is 12.0 Å². The highest BCUT2D eigenvalue weighted by Crippen LogP contribution is 2.22. The highest BCUT2D eigenvalue weighted by molar-refractivity contribution is 5.75. The lowest BCUT2D eigenvalue weighted by atomic mass is 9.88. The summed E-state index contributed by atoms with van der Waals surface area (Å²) in [6.45, 7) is 9.85. The van der Waals surface area contributed by atoms with Crippen molar-refractivity contribution >= 4 is 5.97 Å². The lowest BCUT2D eigenvalue weighted by molar-refractivity contribution is -0.144. The Morgan fingerprint density at radius 2 is 2.05 bits per heavy atom. The molecule has 4 nitrogen and oxygen atoms in total. The first-order chi connectivity index (χ1) is 8.85. The third kappa shape index (κ3) is 4.77. The maximum Gasteiger partial charge on any atom is 0.322 e. The van der Waals surface area contributed by atoms with Gasteiger partial charge in [-0.3, -0.25) is 4.79 Å². The van der Waals surface area contributed by atoms with Crippen LogP contribution < -0.4 is 5.32 Å².